The molecule has 1 aliphatic heterocycles. The Balaban J connectivity index is 2.56. The molecule has 1 N–H and O–H groups in total. The average Bonchev–Trinajstić information content (AvgIpc) is 2.25. The molecule has 0 aromatic carbocycles. The zero-order valence-electron chi connectivity index (χ0n) is 8.70. The number of hydrogen-bond donors (Lipinski definition) is 1. The molecule has 0 spiro atoms. The summed E-state index contributed by atoms with van der Waals surface area (Å²) >= 11 is 1.49. The van der Waals surface area contributed by atoms with Crippen LogP contribution in [0.5, 0.6) is 5.06 Å². The molecule has 0 atom stereocenters. The van der Waals surface area contributed by atoms with Crippen LogP contribution in [-0.2, 0) is 9.59 Å². The van der Waals surface area contributed by atoms with Crippen molar-refractivity contribution in [3.05, 3.63) is 29.5 Å². The van der Waals surface area contributed by atoms with Crippen molar-refractivity contribution in [1.29, 1.82) is 0 Å². The van der Waals surface area contributed by atoms with Gasteiger partial charge in [-0.25, -0.2) is 0 Å². The van der Waals surface area contributed by atoms with Crippen molar-refractivity contribution in [3.63, 3.8) is 0 Å². The molecule has 0 bridgehead atoms. The molecule has 98 valence electrons. The van der Waals surface area contributed by atoms with Gasteiger partial charge in [-0.2, -0.15) is 0 Å². The van der Waals surface area contributed by atoms with Crippen molar-refractivity contribution in [1.82, 2.24) is 0 Å². The highest BCUT2D eigenvalue weighted by Crippen LogP contribution is 2.33. The normalized spacial score (nSPS) is 15.8. The monoisotopic (exact) mass is 334 g/mol. The average molecular weight is 334 g/mol. The van der Waals surface area contributed by atoms with Gasteiger partial charge in [-0.15, -0.1) is 0 Å². The molecule has 0 amide bonds. The summed E-state index contributed by atoms with van der Waals surface area (Å²) in [5.74, 6) is 0. The Kier molecular flexibility index (Phi) is 4.04. The fourth-order valence-corrected chi connectivity index (χ4v) is 4.16. The second kappa shape index (κ2) is 5.41. The maximum Gasteiger partial charge on any atom is 0.294 e. The Hall–Kier alpha value is -1.23. The fraction of sp³-hybridized carbons (Fsp3) is 0. The van der Waals surface area contributed by atoms with Crippen LogP contribution in [0.25, 0.3) is 6.08 Å². The number of hydrogen-bond acceptors (Lipinski definition) is 10. The molecule has 19 heavy (non-hydrogen) atoms. The molecule has 0 saturated carbocycles. The third-order valence-corrected chi connectivity index (χ3v) is 5.18. The standard InChI is InChI=1S/C9H2O6S4/c10-4-2(5(11)17-8(14)16-4)1-3-6(12)18-9(15)19-7(3)13/h1,10H. The van der Waals surface area contributed by atoms with E-state index in [-0.39, 0.29) is 11.1 Å². The molecular formula is C9H2O6S4. The lowest BCUT2D eigenvalue weighted by Crippen LogP contribution is -2.16. The Bertz CT molecular complexity index is 718. The van der Waals surface area contributed by atoms with Gasteiger partial charge >= 0.3 is 0 Å². The van der Waals surface area contributed by atoms with Crippen molar-refractivity contribution in [2.45, 2.75) is 0 Å². The maximum atomic E-state index is 11.5. The lowest BCUT2D eigenvalue weighted by molar-refractivity contribution is -0.112. The third kappa shape index (κ3) is 3.03. The topological polar surface area (TPSA) is 106 Å². The third-order valence-electron chi connectivity index (χ3n) is 1.89. The van der Waals surface area contributed by atoms with E-state index in [2.05, 4.69) is 0 Å². The maximum absolute atomic E-state index is 11.5. The predicted molar refractivity (Wildman–Crippen MR) is 75.0 cm³/mol. The second-order valence-corrected chi connectivity index (χ2v) is 7.36. The predicted octanol–water partition coefficient (Wildman–Crippen LogP) is 1.27. The highest BCUT2D eigenvalue weighted by Gasteiger charge is 2.31. The molecule has 1 fully saturated rings. The van der Waals surface area contributed by atoms with Gasteiger partial charge in [0.1, 0.15) is 0 Å². The van der Waals surface area contributed by atoms with Crippen LogP contribution < -0.4 is 8.80 Å². The van der Waals surface area contributed by atoms with Gasteiger partial charge < -0.3 is 5.11 Å². The first-order chi connectivity index (χ1) is 8.88. The summed E-state index contributed by atoms with van der Waals surface area (Å²) in [4.78, 5) is 56.5. The van der Waals surface area contributed by atoms with Crippen LogP contribution in [0.1, 0.15) is 5.56 Å². The van der Waals surface area contributed by atoms with Crippen LogP contribution in [-0.4, -0.2) is 19.8 Å². The summed E-state index contributed by atoms with van der Waals surface area (Å²) in [6.45, 7) is 0. The summed E-state index contributed by atoms with van der Waals surface area (Å²) < 4.78 is -1.98. The molecule has 2 rings (SSSR count). The van der Waals surface area contributed by atoms with Crippen molar-refractivity contribution in [2.75, 3.05) is 0 Å². The number of carbonyl (C=O) groups excluding carboxylic acids is 3. The van der Waals surface area contributed by atoms with Crippen LogP contribution in [0.4, 0.5) is 4.79 Å². The number of thioether (sulfide) groups is 2. The van der Waals surface area contributed by atoms with Gasteiger partial charge in [0.2, 0.25) is 15.0 Å². The van der Waals surface area contributed by atoms with Crippen molar-refractivity contribution >= 4 is 67.0 Å². The number of carbonyl (C=O) groups is 3. The van der Waals surface area contributed by atoms with Gasteiger partial charge in [0.15, 0.2) is 5.06 Å². The van der Waals surface area contributed by atoms with Gasteiger partial charge in [-0.05, 0) is 28.7 Å². The molecule has 1 aromatic heterocycles. The minimum atomic E-state index is -0.784. The van der Waals surface area contributed by atoms with E-state index in [9.17, 15) is 29.1 Å². The molecule has 10 heteroatoms. The number of aromatic hydroxyl groups is 1. The minimum absolute atomic E-state index is 0.290. The Morgan fingerprint density at radius 1 is 0.895 bits per heavy atom. The summed E-state index contributed by atoms with van der Waals surface area (Å²) in [7, 11) is 0. The first kappa shape index (κ1) is 14.2. The summed E-state index contributed by atoms with van der Waals surface area (Å²) in [6.07, 6.45) is 0.918. The van der Waals surface area contributed by atoms with Crippen molar-refractivity contribution < 1.29 is 19.5 Å². The SMILES string of the molecule is O=C1SC(=O)C(=Cc2c(O)sc(=O)sc2=O)C(=O)S1. The van der Waals surface area contributed by atoms with Crippen LogP contribution in [0, 0.1) is 0 Å². The summed E-state index contributed by atoms with van der Waals surface area (Å²) in [5, 5.41) is 7.38. The molecule has 1 aromatic rings. The van der Waals surface area contributed by atoms with Crippen molar-refractivity contribution in [3.8, 4) is 5.06 Å². The minimum Gasteiger partial charge on any atom is -0.499 e. The van der Waals surface area contributed by atoms with Crippen LogP contribution in [0.2, 0.25) is 0 Å². The van der Waals surface area contributed by atoms with E-state index < -0.39 is 28.5 Å². The van der Waals surface area contributed by atoms with Gasteiger partial charge in [0.25, 0.3) is 8.50 Å². The molecule has 0 radical (unpaired) electrons. The van der Waals surface area contributed by atoms with E-state index in [4.69, 9.17) is 0 Å². The van der Waals surface area contributed by atoms with Gasteiger partial charge in [0.05, 0.1) is 11.1 Å². The van der Waals surface area contributed by atoms with E-state index >= 15 is 0 Å². The Morgan fingerprint density at radius 3 is 2.00 bits per heavy atom. The van der Waals surface area contributed by atoms with Crippen LogP contribution in [0.3, 0.4) is 0 Å². The molecule has 0 aliphatic carbocycles. The van der Waals surface area contributed by atoms with E-state index in [0.717, 1.165) is 6.08 Å². The molecule has 2 heterocycles. The molecule has 0 unspecified atom stereocenters. The van der Waals surface area contributed by atoms with E-state index in [1.54, 1.807) is 0 Å². The summed E-state index contributed by atoms with van der Waals surface area (Å²) in [5.41, 5.74) is -0.651. The van der Waals surface area contributed by atoms with E-state index in [1.165, 1.54) is 0 Å². The highest BCUT2D eigenvalue weighted by atomic mass is 32.2. The highest BCUT2D eigenvalue weighted by molar-refractivity contribution is 8.51. The molecule has 6 nitrogen and oxygen atoms in total. The smallest absolute Gasteiger partial charge is 0.294 e. The lowest BCUT2D eigenvalue weighted by atomic mass is 10.2. The second-order valence-electron chi connectivity index (χ2n) is 3.05. The molecule has 1 aliphatic rings. The zero-order chi connectivity index (χ0) is 14.2. The fourth-order valence-electron chi connectivity index (χ4n) is 1.12. The van der Waals surface area contributed by atoms with E-state index in [0.29, 0.717) is 46.2 Å². The van der Waals surface area contributed by atoms with Gasteiger partial charge in [-0.1, -0.05) is 0 Å². The van der Waals surface area contributed by atoms with Gasteiger partial charge in [0, 0.05) is 23.5 Å². The van der Waals surface area contributed by atoms with Crippen LogP contribution in [0.15, 0.2) is 15.2 Å². The summed E-state index contributed by atoms with van der Waals surface area (Å²) in [6, 6.07) is 0. The quantitative estimate of drug-likeness (QED) is 0.604. The first-order valence-electron chi connectivity index (χ1n) is 4.45. The van der Waals surface area contributed by atoms with E-state index in [1.807, 2.05) is 0 Å². The Labute approximate surface area is 121 Å². The van der Waals surface area contributed by atoms with Crippen LogP contribution >= 0.6 is 46.2 Å². The molecular weight excluding hydrogens is 332 g/mol. The largest absolute Gasteiger partial charge is 0.499 e. The lowest BCUT2D eigenvalue weighted by Gasteiger charge is -2.08. The van der Waals surface area contributed by atoms with Gasteiger partial charge in [-0.3, -0.25) is 24.0 Å². The van der Waals surface area contributed by atoms with Crippen molar-refractivity contribution in [2.24, 2.45) is 0 Å². The first-order valence-corrected chi connectivity index (χ1v) is 7.72. The zero-order valence-corrected chi connectivity index (χ0v) is 12.0. The molecule has 1 saturated heterocycles. The Morgan fingerprint density at radius 2 is 1.47 bits per heavy atom. The number of rotatable bonds is 1.